The molecule has 1 unspecified atom stereocenters. The standard InChI is InChI=1S/CH3N2O2SSe/c2-1(7)3-6(4)5/h(H2,2,3)(H,4,5). The molecule has 6 heteroatoms. The maximum atomic E-state index is 9.63. The van der Waals surface area contributed by atoms with Crippen LogP contribution in [0.25, 0.3) is 0 Å². The van der Waals surface area contributed by atoms with Crippen molar-refractivity contribution in [2.75, 3.05) is 0 Å². The van der Waals surface area contributed by atoms with Crippen LogP contribution >= 0.6 is 0 Å². The van der Waals surface area contributed by atoms with Crippen LogP contribution in [-0.2, 0) is 11.3 Å². The summed E-state index contributed by atoms with van der Waals surface area (Å²) in [5.74, 6) is 0. The summed E-state index contributed by atoms with van der Waals surface area (Å²) in [7, 11) is 0. The van der Waals surface area contributed by atoms with E-state index in [1.165, 1.54) is 0 Å². The zero-order chi connectivity index (χ0) is 5.86. The summed E-state index contributed by atoms with van der Waals surface area (Å²) in [5, 5.41) is 0. The van der Waals surface area contributed by atoms with Crippen molar-refractivity contribution in [2.45, 2.75) is 0 Å². The molecular formula is CH3N2O2SSe. The van der Waals surface area contributed by atoms with Crippen LogP contribution < -0.4 is 5.73 Å². The molecular weight excluding hydrogens is 183 g/mol. The van der Waals surface area contributed by atoms with Crippen molar-refractivity contribution in [3.63, 3.8) is 0 Å². The monoisotopic (exact) mass is 187 g/mol. The Bertz CT molecular complexity index is 108. The van der Waals surface area contributed by atoms with Crippen molar-refractivity contribution in [1.29, 1.82) is 0 Å². The first kappa shape index (κ1) is 7.10. The molecule has 3 N–H and O–H groups in total. The predicted octanol–water partition coefficient (Wildman–Crippen LogP) is -1.39. The number of nitrogens with zero attached hydrogens (tertiary/aromatic N) is 1. The summed E-state index contributed by atoms with van der Waals surface area (Å²) in [4.78, 5) is 0. The summed E-state index contributed by atoms with van der Waals surface area (Å²) in [6.45, 7) is 0. The van der Waals surface area contributed by atoms with Gasteiger partial charge in [-0.1, -0.05) is 0 Å². The second-order valence-corrected chi connectivity index (χ2v) is 2.18. The number of rotatable bonds is 1. The van der Waals surface area contributed by atoms with Crippen LogP contribution in [0.2, 0.25) is 0 Å². The molecule has 0 aliphatic rings. The molecule has 0 fully saturated rings. The van der Waals surface area contributed by atoms with Crippen molar-refractivity contribution in [3.8, 4) is 0 Å². The zero-order valence-electron chi connectivity index (χ0n) is 3.20. The molecule has 7 heavy (non-hydrogen) atoms. The molecule has 0 aromatic rings. The molecule has 4 nitrogen and oxygen atoms in total. The molecule has 0 saturated carbocycles. The summed E-state index contributed by atoms with van der Waals surface area (Å²) in [6.07, 6.45) is 0. The molecule has 0 aliphatic carbocycles. The molecule has 0 rings (SSSR count). The van der Waals surface area contributed by atoms with Crippen LogP contribution in [0.4, 0.5) is 0 Å². The van der Waals surface area contributed by atoms with Crippen LogP contribution in [0.3, 0.4) is 0 Å². The quantitative estimate of drug-likeness (QED) is 0.229. The van der Waals surface area contributed by atoms with Crippen LogP contribution in [0, 0.1) is 0 Å². The summed E-state index contributed by atoms with van der Waals surface area (Å²) in [6, 6.07) is 0. The van der Waals surface area contributed by atoms with Gasteiger partial charge in [-0.25, -0.2) is 0 Å². The molecule has 0 saturated heterocycles. The Morgan fingerprint density at radius 3 is 2.43 bits per heavy atom. The van der Waals surface area contributed by atoms with E-state index in [0.717, 1.165) is 0 Å². The second-order valence-electron chi connectivity index (χ2n) is 0.660. The van der Waals surface area contributed by atoms with Crippen LogP contribution in [0.1, 0.15) is 0 Å². The van der Waals surface area contributed by atoms with Crippen molar-refractivity contribution in [2.24, 2.45) is 10.1 Å². The van der Waals surface area contributed by atoms with E-state index in [1.54, 1.807) is 0 Å². The molecule has 0 aliphatic heterocycles. The summed E-state index contributed by atoms with van der Waals surface area (Å²) >= 11 is 0.0820. The van der Waals surface area contributed by atoms with E-state index in [1.807, 2.05) is 0 Å². The first-order chi connectivity index (χ1) is 3.13. The van der Waals surface area contributed by atoms with Gasteiger partial charge in [0.2, 0.25) is 0 Å². The van der Waals surface area contributed by atoms with E-state index >= 15 is 0 Å². The van der Waals surface area contributed by atoms with Gasteiger partial charge in [0.05, 0.1) is 0 Å². The molecule has 0 aromatic carbocycles. The van der Waals surface area contributed by atoms with E-state index in [2.05, 4.69) is 20.4 Å². The van der Waals surface area contributed by atoms with Gasteiger partial charge in [-0.3, -0.25) is 0 Å². The van der Waals surface area contributed by atoms with E-state index in [4.69, 9.17) is 10.3 Å². The minimum atomic E-state index is -2.16. The van der Waals surface area contributed by atoms with E-state index < -0.39 is 11.3 Å². The fraction of sp³-hybridized carbons (Fsp3) is 0. The minimum absolute atomic E-state index is 0.0131. The van der Waals surface area contributed by atoms with Gasteiger partial charge in [0.15, 0.2) is 0 Å². The zero-order valence-corrected chi connectivity index (χ0v) is 5.73. The Kier molecular flexibility index (Phi) is 3.19. The third-order valence-corrected chi connectivity index (χ3v) is 0.973. The van der Waals surface area contributed by atoms with Gasteiger partial charge in [-0.15, -0.1) is 0 Å². The summed E-state index contributed by atoms with van der Waals surface area (Å²) in [5.41, 5.74) is 4.83. The predicted molar refractivity (Wildman–Crippen MR) is 28.1 cm³/mol. The number of hydrogen-bond donors (Lipinski definition) is 2. The van der Waals surface area contributed by atoms with Gasteiger partial charge in [0.25, 0.3) is 0 Å². The van der Waals surface area contributed by atoms with Crippen molar-refractivity contribution >= 4 is 32.0 Å². The molecule has 41 valence electrons. The Morgan fingerprint density at radius 1 is 2.00 bits per heavy atom. The van der Waals surface area contributed by atoms with Crippen molar-refractivity contribution in [3.05, 3.63) is 0 Å². The van der Waals surface area contributed by atoms with E-state index in [9.17, 15) is 4.21 Å². The Labute approximate surface area is 51.4 Å². The first-order valence-corrected chi connectivity index (χ1v) is 3.17. The number of hydrogen-bond acceptors (Lipinski definition) is 1. The maximum absolute atomic E-state index is 9.63. The molecule has 1 atom stereocenters. The Balaban J connectivity index is 3.68. The van der Waals surface area contributed by atoms with Crippen LogP contribution in [0.15, 0.2) is 4.40 Å². The van der Waals surface area contributed by atoms with Crippen molar-refractivity contribution < 1.29 is 8.76 Å². The number of amidine groups is 1. The fourth-order valence-electron chi connectivity index (χ4n) is 0.0770. The van der Waals surface area contributed by atoms with Gasteiger partial charge >= 0.3 is 50.9 Å². The molecule has 0 spiro atoms. The van der Waals surface area contributed by atoms with Gasteiger partial charge in [-0.05, 0) is 0 Å². The molecule has 0 amide bonds. The van der Waals surface area contributed by atoms with E-state index in [0.29, 0.717) is 0 Å². The third-order valence-electron chi connectivity index (χ3n) is 0.168. The third kappa shape index (κ3) is 6.10. The topological polar surface area (TPSA) is 75.7 Å². The van der Waals surface area contributed by atoms with E-state index in [-0.39, 0.29) is 4.73 Å². The summed E-state index contributed by atoms with van der Waals surface area (Å²) < 4.78 is 20.5. The van der Waals surface area contributed by atoms with Crippen LogP contribution in [-0.4, -0.2) is 29.5 Å². The first-order valence-electron chi connectivity index (χ1n) is 1.25. The average molecular weight is 186 g/mol. The molecule has 1 radical (unpaired) electrons. The van der Waals surface area contributed by atoms with Crippen molar-refractivity contribution in [1.82, 2.24) is 0 Å². The number of nitrogens with two attached hydrogens (primary N) is 1. The van der Waals surface area contributed by atoms with Gasteiger partial charge < -0.3 is 0 Å². The second kappa shape index (κ2) is 3.15. The SMILES string of the molecule is NC([Se])=NS(=O)O. The molecule has 0 bridgehead atoms. The average Bonchev–Trinajstić information content (AvgIpc) is 1.27. The normalized spacial score (nSPS) is 16.4. The molecule has 0 aromatic heterocycles. The van der Waals surface area contributed by atoms with Gasteiger partial charge in [-0.2, -0.15) is 0 Å². The molecule has 0 heterocycles. The Hall–Kier alpha value is 0.0995. The van der Waals surface area contributed by atoms with Gasteiger partial charge in [0.1, 0.15) is 0 Å². The Morgan fingerprint density at radius 2 is 2.43 bits per heavy atom. The van der Waals surface area contributed by atoms with Gasteiger partial charge in [0, 0.05) is 0 Å². The fourth-order valence-corrected chi connectivity index (χ4v) is 0.632. The van der Waals surface area contributed by atoms with Crippen LogP contribution in [0.5, 0.6) is 0 Å².